The van der Waals surface area contributed by atoms with Crippen LogP contribution in [0.1, 0.15) is 54.2 Å². The number of alkyl halides is 2. The van der Waals surface area contributed by atoms with Crippen LogP contribution in [0.5, 0.6) is 0 Å². The van der Waals surface area contributed by atoms with Gasteiger partial charge in [0, 0.05) is 18.0 Å². The van der Waals surface area contributed by atoms with Gasteiger partial charge in [0.2, 0.25) is 5.91 Å². The molecule has 2 heterocycles. The van der Waals surface area contributed by atoms with Gasteiger partial charge < -0.3 is 10.2 Å². The zero-order valence-electron chi connectivity index (χ0n) is 21.0. The highest BCUT2D eigenvalue weighted by molar-refractivity contribution is 6.07. The minimum atomic E-state index is -3.11. The largest absolute Gasteiger partial charge is 0.343 e. The Morgan fingerprint density at radius 2 is 1.81 bits per heavy atom. The van der Waals surface area contributed by atoms with E-state index in [1.165, 1.54) is 11.8 Å². The van der Waals surface area contributed by atoms with E-state index in [-0.39, 0.29) is 5.41 Å². The summed E-state index contributed by atoms with van der Waals surface area (Å²) in [4.78, 5) is 30.5. The molecular weight excluding hydrogens is 474 g/mol. The van der Waals surface area contributed by atoms with Crippen LogP contribution in [0.4, 0.5) is 8.78 Å². The van der Waals surface area contributed by atoms with E-state index in [1.807, 2.05) is 30.4 Å². The van der Waals surface area contributed by atoms with Crippen molar-refractivity contribution in [2.45, 2.75) is 44.6 Å². The molecule has 1 fully saturated rings. The van der Waals surface area contributed by atoms with E-state index in [9.17, 15) is 18.4 Å². The normalized spacial score (nSPS) is 17.2. The van der Waals surface area contributed by atoms with Crippen molar-refractivity contribution in [1.29, 1.82) is 5.26 Å². The highest BCUT2D eigenvalue weighted by Crippen LogP contribution is 2.31. The summed E-state index contributed by atoms with van der Waals surface area (Å²) in [7, 11) is 0. The molecule has 1 N–H and O–H groups in total. The summed E-state index contributed by atoms with van der Waals surface area (Å²) < 4.78 is 27.3. The first kappa shape index (κ1) is 26.0. The van der Waals surface area contributed by atoms with Gasteiger partial charge in [-0.15, -0.1) is 0 Å². The number of hydrogen-bond donors (Lipinski definition) is 1. The van der Waals surface area contributed by atoms with Gasteiger partial charge in [-0.2, -0.15) is 5.26 Å². The summed E-state index contributed by atoms with van der Waals surface area (Å²) in [6, 6.07) is 15.9. The molecule has 1 unspecified atom stereocenters. The van der Waals surface area contributed by atoms with Crippen LogP contribution in [0.25, 0.3) is 23.1 Å². The highest BCUT2D eigenvalue weighted by Gasteiger charge is 2.47. The second kappa shape index (κ2) is 10.1. The number of rotatable bonds is 5. The van der Waals surface area contributed by atoms with Crippen molar-refractivity contribution in [2.75, 3.05) is 13.1 Å². The quantitative estimate of drug-likeness (QED) is 0.487. The van der Waals surface area contributed by atoms with Crippen LogP contribution in [0.15, 0.2) is 54.7 Å². The van der Waals surface area contributed by atoms with E-state index in [4.69, 9.17) is 5.26 Å². The molecule has 0 spiro atoms. The van der Waals surface area contributed by atoms with Crippen LogP contribution in [0.3, 0.4) is 0 Å². The molecule has 6 nitrogen and oxygen atoms in total. The van der Waals surface area contributed by atoms with Crippen LogP contribution >= 0.6 is 0 Å². The van der Waals surface area contributed by atoms with Crippen molar-refractivity contribution in [2.24, 2.45) is 0 Å². The van der Waals surface area contributed by atoms with Gasteiger partial charge in [-0.25, -0.2) is 8.78 Å². The molecule has 190 valence electrons. The minimum absolute atomic E-state index is 0.0756. The monoisotopic (exact) mass is 502 g/mol. The lowest BCUT2D eigenvalue weighted by Crippen LogP contribution is -2.43. The first-order chi connectivity index (χ1) is 17.5. The third-order valence-corrected chi connectivity index (χ3v) is 6.39. The summed E-state index contributed by atoms with van der Waals surface area (Å²) in [6.07, 6.45) is 4.73. The van der Waals surface area contributed by atoms with Gasteiger partial charge in [-0.1, -0.05) is 63.3 Å². The van der Waals surface area contributed by atoms with Crippen LogP contribution in [-0.4, -0.2) is 46.8 Å². The number of pyridine rings is 1. The number of aromatic nitrogens is 1. The van der Waals surface area contributed by atoms with Crippen molar-refractivity contribution < 1.29 is 18.4 Å². The number of carbonyl (C=O) groups is 2. The molecule has 1 aromatic heterocycles. The fourth-order valence-corrected chi connectivity index (χ4v) is 4.30. The SMILES string of the molecule is CC(C)(C)c1ccc(C=Cc2ccc3nccc(C(=O)NCC(=O)N4CC(F)(F)CC4C#N)c3c2)cc1. The molecule has 2 aromatic carbocycles. The Bertz CT molecular complexity index is 1400. The molecule has 0 radical (unpaired) electrons. The second-order valence-electron chi connectivity index (χ2n) is 10.2. The molecule has 2 amide bonds. The van der Waals surface area contributed by atoms with E-state index in [0.717, 1.165) is 16.0 Å². The number of fused-ring (bicyclic) bond motifs is 1. The fourth-order valence-electron chi connectivity index (χ4n) is 4.30. The van der Waals surface area contributed by atoms with Gasteiger partial charge in [-0.3, -0.25) is 14.6 Å². The molecule has 1 aliphatic heterocycles. The lowest BCUT2D eigenvalue weighted by atomic mass is 9.87. The van der Waals surface area contributed by atoms with E-state index in [2.05, 4.69) is 55.3 Å². The number of halogens is 2. The maximum Gasteiger partial charge on any atom is 0.268 e. The van der Waals surface area contributed by atoms with Crippen LogP contribution in [0.2, 0.25) is 0 Å². The Balaban J connectivity index is 1.49. The van der Waals surface area contributed by atoms with Crippen molar-refractivity contribution in [3.63, 3.8) is 0 Å². The number of nitriles is 1. The third-order valence-electron chi connectivity index (χ3n) is 6.39. The molecule has 0 saturated carbocycles. The Labute approximate surface area is 214 Å². The zero-order valence-corrected chi connectivity index (χ0v) is 21.0. The average molecular weight is 503 g/mol. The molecule has 1 aliphatic rings. The minimum Gasteiger partial charge on any atom is -0.343 e. The summed E-state index contributed by atoms with van der Waals surface area (Å²) >= 11 is 0. The van der Waals surface area contributed by atoms with Gasteiger partial charge in [0.05, 0.1) is 30.2 Å². The number of hydrogen-bond acceptors (Lipinski definition) is 4. The molecule has 0 bridgehead atoms. The van der Waals surface area contributed by atoms with Crippen molar-refractivity contribution in [1.82, 2.24) is 15.2 Å². The summed E-state index contributed by atoms with van der Waals surface area (Å²) in [6.45, 7) is 5.18. The van der Waals surface area contributed by atoms with Crippen molar-refractivity contribution >= 4 is 34.9 Å². The summed E-state index contributed by atoms with van der Waals surface area (Å²) in [5, 5.41) is 12.2. The third kappa shape index (κ3) is 6.00. The molecule has 8 heteroatoms. The zero-order chi connectivity index (χ0) is 26.8. The number of carbonyl (C=O) groups excluding carboxylic acids is 2. The predicted octanol–water partition coefficient (Wildman–Crippen LogP) is 5.19. The van der Waals surface area contributed by atoms with Gasteiger partial charge in [-0.05, 0) is 40.3 Å². The first-order valence-electron chi connectivity index (χ1n) is 12.0. The number of benzene rings is 2. The number of nitrogens with one attached hydrogen (secondary N) is 1. The van der Waals surface area contributed by atoms with Crippen molar-refractivity contribution in [3.8, 4) is 6.07 Å². The van der Waals surface area contributed by atoms with E-state index in [0.29, 0.717) is 16.5 Å². The van der Waals surface area contributed by atoms with E-state index in [1.54, 1.807) is 12.1 Å². The lowest BCUT2D eigenvalue weighted by Gasteiger charge is -2.19. The van der Waals surface area contributed by atoms with Crippen LogP contribution in [-0.2, 0) is 10.2 Å². The van der Waals surface area contributed by atoms with Gasteiger partial charge in [0.25, 0.3) is 11.8 Å². The molecule has 1 atom stereocenters. The Morgan fingerprint density at radius 3 is 2.49 bits per heavy atom. The topological polar surface area (TPSA) is 86.1 Å². The smallest absolute Gasteiger partial charge is 0.268 e. The van der Waals surface area contributed by atoms with Gasteiger partial charge in [0.15, 0.2) is 0 Å². The summed E-state index contributed by atoms with van der Waals surface area (Å²) in [5.41, 5.74) is 4.14. The molecule has 3 aromatic rings. The predicted molar refractivity (Wildman–Crippen MR) is 139 cm³/mol. The molecule has 4 rings (SSSR count). The number of likely N-dealkylation sites (tertiary alicyclic amines) is 1. The van der Waals surface area contributed by atoms with E-state index < -0.39 is 43.3 Å². The van der Waals surface area contributed by atoms with Crippen LogP contribution in [0, 0.1) is 11.3 Å². The standard InChI is InChI=1S/C29H28F2N4O2/c1-28(2,3)21-9-6-19(7-10-21)4-5-20-8-11-25-24(14-20)23(12-13-33-25)27(37)34-17-26(36)35-18-29(30,31)15-22(35)16-32/h4-14,22H,15,17-18H2,1-3H3,(H,34,37). The number of nitrogens with zero attached hydrogens (tertiary/aromatic N) is 3. The van der Waals surface area contributed by atoms with Crippen LogP contribution < -0.4 is 5.32 Å². The highest BCUT2D eigenvalue weighted by atomic mass is 19.3. The molecule has 0 aliphatic carbocycles. The lowest BCUT2D eigenvalue weighted by molar-refractivity contribution is -0.131. The first-order valence-corrected chi connectivity index (χ1v) is 12.0. The Kier molecular flexibility index (Phi) is 7.08. The maximum absolute atomic E-state index is 13.7. The van der Waals surface area contributed by atoms with E-state index >= 15 is 0 Å². The summed E-state index contributed by atoms with van der Waals surface area (Å²) in [5.74, 6) is -4.37. The Hall–Kier alpha value is -4.12. The Morgan fingerprint density at radius 1 is 1.14 bits per heavy atom. The average Bonchev–Trinajstić information content (AvgIpc) is 3.19. The number of amides is 2. The molecular formula is C29H28F2N4O2. The molecule has 1 saturated heterocycles. The van der Waals surface area contributed by atoms with Gasteiger partial charge >= 0.3 is 0 Å². The van der Waals surface area contributed by atoms with Crippen molar-refractivity contribution in [3.05, 3.63) is 77.0 Å². The maximum atomic E-state index is 13.7. The second-order valence-corrected chi connectivity index (χ2v) is 10.2. The fraction of sp³-hybridized carbons (Fsp3) is 0.310. The molecule has 37 heavy (non-hydrogen) atoms. The van der Waals surface area contributed by atoms with Gasteiger partial charge in [0.1, 0.15) is 6.04 Å².